The van der Waals surface area contributed by atoms with Crippen LogP contribution in [0.2, 0.25) is 0 Å². The molecular weight excluding hydrogens is 502 g/mol. The third kappa shape index (κ3) is 5.28. The number of carbonyl (C=O) groups excluding carboxylic acids is 2. The third-order valence-electron chi connectivity index (χ3n) is 8.72. The van der Waals surface area contributed by atoms with E-state index in [4.69, 9.17) is 0 Å². The normalized spacial score (nSPS) is 19.7. The Bertz CT molecular complexity index is 1500. The second kappa shape index (κ2) is 11.1. The number of amides is 2. The summed E-state index contributed by atoms with van der Waals surface area (Å²) >= 11 is 0. The molecule has 0 aliphatic carbocycles. The van der Waals surface area contributed by atoms with Gasteiger partial charge in [0.25, 0.3) is 11.8 Å². The number of pyridine rings is 1. The van der Waals surface area contributed by atoms with Crippen LogP contribution in [0.5, 0.6) is 0 Å². The van der Waals surface area contributed by atoms with Crippen molar-refractivity contribution in [3.63, 3.8) is 0 Å². The van der Waals surface area contributed by atoms with Gasteiger partial charge in [0.1, 0.15) is 5.82 Å². The zero-order valence-corrected chi connectivity index (χ0v) is 24.7. The molecule has 0 aromatic carbocycles. The molecule has 1 N–H and O–H groups in total. The molecule has 0 bridgehead atoms. The fraction of sp³-hybridized carbons (Fsp3) is 0.484. The van der Waals surface area contributed by atoms with Crippen LogP contribution in [0, 0.1) is 12.8 Å². The van der Waals surface area contributed by atoms with E-state index < -0.39 is 5.92 Å². The molecule has 9 nitrogen and oxygen atoms in total. The van der Waals surface area contributed by atoms with Gasteiger partial charge < -0.3 is 19.2 Å². The van der Waals surface area contributed by atoms with E-state index in [9.17, 15) is 9.59 Å². The first-order valence-electron chi connectivity index (χ1n) is 14.1. The number of nitrogens with zero attached hydrogens (tertiary/aromatic N) is 6. The number of likely N-dealkylation sites (tertiary alicyclic amines) is 1. The van der Waals surface area contributed by atoms with Crippen LogP contribution in [0.4, 0.5) is 0 Å². The molecular formula is C31H41N7O2. The van der Waals surface area contributed by atoms with Crippen molar-refractivity contribution in [3.05, 3.63) is 59.2 Å². The number of hydrogen-bond acceptors (Lipinski definition) is 5. The number of aromatic nitrogens is 3. The molecule has 2 unspecified atom stereocenters. The van der Waals surface area contributed by atoms with Crippen molar-refractivity contribution in [1.82, 2.24) is 29.1 Å². The number of dihydropyridines is 1. The average Bonchev–Trinajstić information content (AvgIpc) is 3.52. The lowest BCUT2D eigenvalue weighted by Crippen LogP contribution is -2.43. The number of rotatable bonds is 7. The SMILES string of the molecule is CC1=CC(C)=NC(=O)C1CNC(=O)c1cc2cc(-c3nccn3C)cn2c(C(C)N2CCC(N(C)C)CC2)c1C. The van der Waals surface area contributed by atoms with Crippen molar-refractivity contribution in [1.29, 1.82) is 0 Å². The topological polar surface area (TPSA) is 87.2 Å². The van der Waals surface area contributed by atoms with Crippen molar-refractivity contribution in [2.45, 2.75) is 52.6 Å². The van der Waals surface area contributed by atoms with Crippen LogP contribution in [0.1, 0.15) is 61.3 Å². The average molecular weight is 544 g/mol. The molecule has 40 heavy (non-hydrogen) atoms. The maximum absolute atomic E-state index is 13.7. The van der Waals surface area contributed by atoms with E-state index in [1.165, 1.54) is 0 Å². The summed E-state index contributed by atoms with van der Waals surface area (Å²) in [4.78, 5) is 39.7. The van der Waals surface area contributed by atoms with Crippen molar-refractivity contribution >= 4 is 23.0 Å². The summed E-state index contributed by atoms with van der Waals surface area (Å²) in [6.07, 6.45) is 10.0. The summed E-state index contributed by atoms with van der Waals surface area (Å²) in [6.45, 7) is 10.3. The Morgan fingerprint density at radius 3 is 2.52 bits per heavy atom. The number of aryl methyl sites for hydroxylation is 1. The number of allylic oxidation sites excluding steroid dienone is 1. The summed E-state index contributed by atoms with van der Waals surface area (Å²) < 4.78 is 4.24. The number of hydrogen-bond donors (Lipinski definition) is 1. The van der Waals surface area contributed by atoms with Crippen LogP contribution in [0.3, 0.4) is 0 Å². The first-order chi connectivity index (χ1) is 19.0. The minimum absolute atomic E-state index is 0.113. The van der Waals surface area contributed by atoms with Gasteiger partial charge in [-0.2, -0.15) is 0 Å². The van der Waals surface area contributed by atoms with Crippen LogP contribution in [-0.2, 0) is 11.8 Å². The van der Waals surface area contributed by atoms with Crippen LogP contribution in [-0.4, -0.2) is 81.0 Å². The fourth-order valence-corrected chi connectivity index (χ4v) is 6.30. The molecule has 3 aromatic rings. The maximum Gasteiger partial charge on any atom is 0.254 e. The molecule has 0 saturated carbocycles. The molecule has 2 atom stereocenters. The van der Waals surface area contributed by atoms with Gasteiger partial charge in [-0.3, -0.25) is 14.5 Å². The Kier molecular flexibility index (Phi) is 7.79. The predicted molar refractivity (Wildman–Crippen MR) is 159 cm³/mol. The zero-order valence-electron chi connectivity index (χ0n) is 24.7. The highest BCUT2D eigenvalue weighted by atomic mass is 16.2. The van der Waals surface area contributed by atoms with Crippen LogP contribution < -0.4 is 5.32 Å². The van der Waals surface area contributed by atoms with E-state index in [1.807, 2.05) is 50.7 Å². The highest BCUT2D eigenvalue weighted by Gasteiger charge is 2.29. The molecule has 9 heteroatoms. The van der Waals surface area contributed by atoms with Crippen LogP contribution >= 0.6 is 0 Å². The summed E-state index contributed by atoms with van der Waals surface area (Å²) in [7, 11) is 6.30. The summed E-state index contributed by atoms with van der Waals surface area (Å²) in [6, 6.07) is 4.76. The van der Waals surface area contributed by atoms with E-state index in [0.29, 0.717) is 17.3 Å². The molecule has 3 aromatic heterocycles. The summed E-state index contributed by atoms with van der Waals surface area (Å²) in [5.41, 5.74) is 6.27. The van der Waals surface area contributed by atoms with Gasteiger partial charge in [-0.15, -0.1) is 0 Å². The minimum Gasteiger partial charge on any atom is -0.351 e. The van der Waals surface area contributed by atoms with E-state index in [-0.39, 0.29) is 24.4 Å². The van der Waals surface area contributed by atoms with Gasteiger partial charge in [0.15, 0.2) is 0 Å². The largest absolute Gasteiger partial charge is 0.351 e. The molecule has 0 radical (unpaired) electrons. The number of carbonyl (C=O) groups is 2. The van der Waals surface area contributed by atoms with Crippen molar-refractivity contribution in [2.75, 3.05) is 33.7 Å². The molecule has 1 saturated heterocycles. The van der Waals surface area contributed by atoms with Crippen LogP contribution in [0.15, 0.2) is 47.4 Å². The first kappa shape index (κ1) is 28.0. The lowest BCUT2D eigenvalue weighted by Gasteiger charge is -2.39. The predicted octanol–water partition coefficient (Wildman–Crippen LogP) is 4.03. The molecule has 5 rings (SSSR count). The summed E-state index contributed by atoms with van der Waals surface area (Å²) in [5.74, 6) is 0.0705. The van der Waals surface area contributed by atoms with Gasteiger partial charge in [-0.05, 0) is 78.4 Å². The number of imidazole rings is 1. The van der Waals surface area contributed by atoms with E-state index in [1.54, 1.807) is 6.20 Å². The monoisotopic (exact) mass is 543 g/mol. The molecule has 2 amide bonds. The Morgan fingerprint density at radius 1 is 1.18 bits per heavy atom. The number of piperidine rings is 1. The lowest BCUT2D eigenvalue weighted by molar-refractivity contribution is -0.120. The van der Waals surface area contributed by atoms with E-state index in [2.05, 4.69) is 62.8 Å². The highest BCUT2D eigenvalue weighted by Crippen LogP contribution is 2.33. The molecule has 5 heterocycles. The maximum atomic E-state index is 13.7. The van der Waals surface area contributed by atoms with Gasteiger partial charge in [-0.25, -0.2) is 9.98 Å². The number of nitrogens with one attached hydrogen (secondary N) is 1. The van der Waals surface area contributed by atoms with Gasteiger partial charge in [0.2, 0.25) is 0 Å². The van der Waals surface area contributed by atoms with E-state index in [0.717, 1.165) is 59.7 Å². The van der Waals surface area contributed by atoms with Crippen molar-refractivity contribution in [3.8, 4) is 11.4 Å². The molecule has 2 aliphatic heterocycles. The Hall–Kier alpha value is -3.56. The van der Waals surface area contributed by atoms with Crippen LogP contribution in [0.25, 0.3) is 16.9 Å². The Balaban J connectivity index is 1.50. The van der Waals surface area contributed by atoms with Gasteiger partial charge in [0, 0.05) is 85.4 Å². The highest BCUT2D eigenvalue weighted by molar-refractivity contribution is 6.06. The van der Waals surface area contributed by atoms with Gasteiger partial charge >= 0.3 is 0 Å². The minimum atomic E-state index is -0.434. The third-order valence-corrected chi connectivity index (χ3v) is 8.72. The van der Waals surface area contributed by atoms with Crippen molar-refractivity contribution < 1.29 is 9.59 Å². The fourth-order valence-electron chi connectivity index (χ4n) is 6.30. The van der Waals surface area contributed by atoms with Gasteiger partial charge in [0.05, 0.1) is 5.92 Å². The van der Waals surface area contributed by atoms with E-state index >= 15 is 0 Å². The smallest absolute Gasteiger partial charge is 0.254 e. The second-order valence-electron chi connectivity index (χ2n) is 11.6. The zero-order chi connectivity index (χ0) is 28.7. The molecule has 1 fully saturated rings. The molecule has 2 aliphatic rings. The number of aliphatic imine (C=N–C) groups is 1. The summed E-state index contributed by atoms with van der Waals surface area (Å²) in [5, 5.41) is 3.04. The standard InChI is InChI=1S/C31H41N7O2/c1-19-14-20(2)34-31(40)27(19)17-33-30(39)26-16-25-15-23(29-32-10-13-36(29)7)18-38(25)28(21(26)3)22(4)37-11-8-24(9-12-37)35(5)6/h10,13-16,18,22,24,27H,8-9,11-12,17H2,1-7H3,(H,33,39). The number of fused-ring (bicyclic) bond motifs is 1. The quantitative estimate of drug-likeness (QED) is 0.486. The Labute approximate surface area is 236 Å². The first-order valence-corrected chi connectivity index (χ1v) is 14.1. The van der Waals surface area contributed by atoms with Gasteiger partial charge in [-0.1, -0.05) is 5.57 Å². The van der Waals surface area contributed by atoms with Crippen molar-refractivity contribution in [2.24, 2.45) is 18.0 Å². The lowest BCUT2D eigenvalue weighted by atomic mass is 9.95. The molecule has 0 spiro atoms. The Morgan fingerprint density at radius 2 is 1.90 bits per heavy atom. The second-order valence-corrected chi connectivity index (χ2v) is 11.6. The molecule has 212 valence electrons.